The molecule has 2 aliphatic rings. The van der Waals surface area contributed by atoms with Crippen molar-refractivity contribution in [3.63, 3.8) is 0 Å². The van der Waals surface area contributed by atoms with Crippen LogP contribution in [0.5, 0.6) is 11.5 Å². The molecule has 3 heterocycles. The van der Waals surface area contributed by atoms with Crippen LogP contribution in [-0.4, -0.2) is 58.9 Å². The molecule has 0 saturated carbocycles. The van der Waals surface area contributed by atoms with Gasteiger partial charge in [0.05, 0.1) is 18.9 Å². The molecule has 0 radical (unpaired) electrons. The fourth-order valence-electron chi connectivity index (χ4n) is 5.85. The highest BCUT2D eigenvalue weighted by Gasteiger charge is 2.56. The van der Waals surface area contributed by atoms with Crippen LogP contribution >= 0.6 is 0 Å². The maximum Gasteiger partial charge on any atom is 0.255 e. The summed E-state index contributed by atoms with van der Waals surface area (Å²) in [6.45, 7) is 11.7. The third kappa shape index (κ3) is 3.95. The van der Waals surface area contributed by atoms with E-state index >= 15 is 0 Å². The lowest BCUT2D eigenvalue weighted by Crippen LogP contribution is -2.68. The van der Waals surface area contributed by atoms with Gasteiger partial charge >= 0.3 is 0 Å². The number of hydrogen-bond acceptors (Lipinski definition) is 4. The Morgan fingerprint density at radius 3 is 2.59 bits per heavy atom. The maximum absolute atomic E-state index is 14.1. The summed E-state index contributed by atoms with van der Waals surface area (Å²) in [5, 5.41) is 1.08. The molecule has 2 aliphatic heterocycles. The summed E-state index contributed by atoms with van der Waals surface area (Å²) in [4.78, 5) is 34.8. The Hall–Kier alpha value is -3.48. The van der Waals surface area contributed by atoms with Crippen LogP contribution in [0.1, 0.15) is 70.2 Å². The van der Waals surface area contributed by atoms with Gasteiger partial charge in [-0.15, -0.1) is 0 Å². The van der Waals surface area contributed by atoms with Crippen molar-refractivity contribution in [1.29, 1.82) is 0 Å². The predicted molar refractivity (Wildman–Crippen MR) is 144 cm³/mol. The zero-order valence-corrected chi connectivity index (χ0v) is 22.5. The number of benzene rings is 2. The monoisotopic (exact) mass is 503 g/mol. The Kier molecular flexibility index (Phi) is 6.65. The van der Waals surface area contributed by atoms with Crippen LogP contribution in [-0.2, 0) is 15.1 Å². The fourth-order valence-corrected chi connectivity index (χ4v) is 5.85. The van der Waals surface area contributed by atoms with Crippen LogP contribution in [0, 0.1) is 0 Å². The summed E-state index contributed by atoms with van der Waals surface area (Å²) in [5.41, 5.74) is 2.79. The number of carbonyl (C=O) groups is 2. The van der Waals surface area contributed by atoms with E-state index in [-0.39, 0.29) is 30.3 Å². The van der Waals surface area contributed by atoms with Crippen molar-refractivity contribution in [2.75, 3.05) is 26.3 Å². The molecule has 7 nitrogen and oxygen atoms in total. The smallest absolute Gasteiger partial charge is 0.255 e. The minimum Gasteiger partial charge on any atom is -0.490 e. The van der Waals surface area contributed by atoms with Crippen molar-refractivity contribution in [3.8, 4) is 11.5 Å². The number of piperazine rings is 1. The zero-order chi connectivity index (χ0) is 26.3. The number of aromatic amines is 1. The maximum atomic E-state index is 14.1. The first kappa shape index (κ1) is 25.2. The van der Waals surface area contributed by atoms with E-state index in [0.717, 1.165) is 46.3 Å². The molecule has 0 spiro atoms. The van der Waals surface area contributed by atoms with E-state index in [2.05, 4.69) is 24.0 Å². The second kappa shape index (κ2) is 9.77. The van der Waals surface area contributed by atoms with E-state index in [0.29, 0.717) is 25.5 Å². The molecule has 2 amide bonds. The molecule has 196 valence electrons. The number of aromatic nitrogens is 1. The van der Waals surface area contributed by atoms with Crippen molar-refractivity contribution in [1.82, 2.24) is 14.8 Å². The summed E-state index contributed by atoms with van der Waals surface area (Å²) in [5.74, 6) is 1.26. The molecule has 1 saturated heterocycles. The first-order valence-corrected chi connectivity index (χ1v) is 13.5. The molecule has 0 aliphatic carbocycles. The third-order valence-corrected chi connectivity index (χ3v) is 8.03. The number of rotatable bonds is 8. The molecular formula is C30H37N3O4. The first-order chi connectivity index (χ1) is 17.8. The number of nitrogens with zero attached hydrogens (tertiary/aromatic N) is 2. The van der Waals surface area contributed by atoms with Gasteiger partial charge in [0.15, 0.2) is 17.0 Å². The van der Waals surface area contributed by atoms with Crippen LogP contribution in [0.15, 0.2) is 42.5 Å². The fraction of sp³-hybridized carbons (Fsp3) is 0.467. The van der Waals surface area contributed by atoms with Crippen molar-refractivity contribution in [3.05, 3.63) is 59.3 Å². The number of amides is 2. The summed E-state index contributed by atoms with van der Waals surface area (Å²) < 4.78 is 11.9. The van der Waals surface area contributed by atoms with Gasteiger partial charge in [-0.2, -0.15) is 0 Å². The highest BCUT2D eigenvalue weighted by atomic mass is 16.5. The lowest BCUT2D eigenvalue weighted by atomic mass is 9.76. The minimum atomic E-state index is -1.09. The lowest BCUT2D eigenvalue weighted by Gasteiger charge is -2.52. The van der Waals surface area contributed by atoms with Gasteiger partial charge in [-0.05, 0) is 62.9 Å². The van der Waals surface area contributed by atoms with Crippen LogP contribution in [0.4, 0.5) is 0 Å². The summed E-state index contributed by atoms with van der Waals surface area (Å²) >= 11 is 0. The van der Waals surface area contributed by atoms with E-state index in [1.165, 1.54) is 0 Å². The van der Waals surface area contributed by atoms with Gasteiger partial charge in [0, 0.05) is 29.4 Å². The van der Waals surface area contributed by atoms with E-state index in [4.69, 9.17) is 9.47 Å². The number of para-hydroxylation sites is 1. The number of H-pyrrole nitrogens is 1. The molecule has 37 heavy (non-hydrogen) atoms. The standard InChI is InChI=1S/C30H37N3O4/c1-6-15-37-24-14-13-20(16-25(24)36-8-3)22-17-33-26(34)18-32(19(4)7-2)29(35)30(33,5)28-27(22)21-11-9-10-12-23(21)31-28/h9-14,16,19,22,31H,6-8,15,17-18H2,1-5H3/t19-,22-,30-/m0/s1. The highest BCUT2D eigenvalue weighted by molar-refractivity contribution is 6.01. The minimum absolute atomic E-state index is 0.00890. The van der Waals surface area contributed by atoms with Gasteiger partial charge in [0.2, 0.25) is 5.91 Å². The first-order valence-electron chi connectivity index (χ1n) is 13.5. The van der Waals surface area contributed by atoms with E-state index in [1.54, 1.807) is 9.80 Å². The van der Waals surface area contributed by atoms with Gasteiger partial charge in [0.25, 0.3) is 5.91 Å². The molecule has 0 bridgehead atoms. The zero-order valence-electron chi connectivity index (χ0n) is 22.5. The molecule has 7 heteroatoms. The van der Waals surface area contributed by atoms with Gasteiger partial charge in [-0.25, -0.2) is 0 Å². The summed E-state index contributed by atoms with van der Waals surface area (Å²) in [6.07, 6.45) is 1.70. The van der Waals surface area contributed by atoms with Gasteiger partial charge < -0.3 is 24.3 Å². The van der Waals surface area contributed by atoms with Gasteiger partial charge in [0.1, 0.15) is 6.54 Å². The Labute approximate surface area is 218 Å². The average molecular weight is 504 g/mol. The Balaban J connectivity index is 1.69. The molecule has 2 aromatic carbocycles. The second-order valence-corrected chi connectivity index (χ2v) is 10.3. The van der Waals surface area contributed by atoms with Crippen LogP contribution in [0.2, 0.25) is 0 Å². The Morgan fingerprint density at radius 1 is 1.08 bits per heavy atom. The van der Waals surface area contributed by atoms with Gasteiger partial charge in [-0.3, -0.25) is 9.59 Å². The van der Waals surface area contributed by atoms with Crippen LogP contribution in [0.25, 0.3) is 10.9 Å². The second-order valence-electron chi connectivity index (χ2n) is 10.3. The van der Waals surface area contributed by atoms with Crippen molar-refractivity contribution < 1.29 is 19.1 Å². The lowest BCUT2D eigenvalue weighted by molar-refractivity contribution is -0.168. The molecule has 0 unspecified atom stereocenters. The van der Waals surface area contributed by atoms with E-state index in [1.807, 2.05) is 58.0 Å². The summed E-state index contributed by atoms with van der Waals surface area (Å²) in [6, 6.07) is 14.2. The number of carbonyl (C=O) groups excluding carboxylic acids is 2. The van der Waals surface area contributed by atoms with Crippen LogP contribution < -0.4 is 9.47 Å². The Morgan fingerprint density at radius 2 is 1.86 bits per heavy atom. The SMILES string of the molecule is CCCOc1ccc([C@@H]2CN3C(=O)CN([C@@H](C)CC)C(=O)[C@]3(C)c3[nH]c4ccccc4c32)cc1OCC. The molecule has 5 rings (SSSR count). The van der Waals surface area contributed by atoms with E-state index in [9.17, 15) is 9.59 Å². The quantitative estimate of drug-likeness (QED) is 0.459. The van der Waals surface area contributed by atoms with Crippen molar-refractivity contribution in [2.45, 2.75) is 65.0 Å². The molecule has 3 aromatic rings. The number of hydrogen-bond donors (Lipinski definition) is 1. The third-order valence-electron chi connectivity index (χ3n) is 8.03. The molecule has 1 N–H and O–H groups in total. The normalized spacial score (nSPS) is 22.1. The molecule has 1 fully saturated rings. The van der Waals surface area contributed by atoms with Crippen LogP contribution in [0.3, 0.4) is 0 Å². The molecule has 1 aromatic heterocycles. The Bertz CT molecular complexity index is 1330. The topological polar surface area (TPSA) is 74.9 Å². The molecule has 3 atom stereocenters. The van der Waals surface area contributed by atoms with Gasteiger partial charge in [-0.1, -0.05) is 38.1 Å². The van der Waals surface area contributed by atoms with Crippen molar-refractivity contribution in [2.24, 2.45) is 0 Å². The van der Waals surface area contributed by atoms with Crippen molar-refractivity contribution >= 4 is 22.7 Å². The average Bonchev–Trinajstić information content (AvgIpc) is 3.30. The highest BCUT2D eigenvalue weighted by Crippen LogP contribution is 2.49. The summed E-state index contributed by atoms with van der Waals surface area (Å²) in [7, 11) is 0. The predicted octanol–water partition coefficient (Wildman–Crippen LogP) is 5.19. The number of fused-ring (bicyclic) bond motifs is 5. The number of nitrogens with one attached hydrogen (secondary N) is 1. The van der Waals surface area contributed by atoms with E-state index < -0.39 is 5.54 Å². The largest absolute Gasteiger partial charge is 0.490 e. The number of ether oxygens (including phenoxy) is 2. The molecular weight excluding hydrogens is 466 g/mol.